The molecule has 0 fully saturated rings. The van der Waals surface area contributed by atoms with E-state index in [0.29, 0.717) is 22.9 Å². The van der Waals surface area contributed by atoms with Crippen LogP contribution in [-0.2, 0) is 48.1 Å². The lowest BCUT2D eigenvalue weighted by Crippen LogP contribution is -2.15. The summed E-state index contributed by atoms with van der Waals surface area (Å²) in [5.74, 6) is -1.35. The van der Waals surface area contributed by atoms with Crippen LogP contribution in [0.1, 0.15) is 52.4 Å². The number of hydrogen-bond acceptors (Lipinski definition) is 12. The molecule has 0 aromatic heterocycles. The van der Waals surface area contributed by atoms with Crippen LogP contribution in [0.25, 0.3) is 0 Å². The monoisotopic (exact) mass is 824 g/mol. The molecule has 0 radical (unpaired) electrons. The molecule has 4 rings (SSSR count). The molecular weight excluding hydrogens is 781 g/mol. The summed E-state index contributed by atoms with van der Waals surface area (Å²) in [5.41, 5.74) is 1.13. The molecular formula is C44H44N2O12S. The van der Waals surface area contributed by atoms with Crippen LogP contribution < -0.4 is 20.1 Å². The molecule has 2 N–H and O–H groups in total. The Hall–Kier alpha value is -6.87. The van der Waals surface area contributed by atoms with Gasteiger partial charge in [-0.2, -0.15) is 0 Å². The van der Waals surface area contributed by atoms with E-state index in [1.807, 2.05) is 0 Å². The number of ketones is 2. The Kier molecular flexibility index (Phi) is 16.4. The third kappa shape index (κ3) is 14.2. The van der Waals surface area contributed by atoms with Gasteiger partial charge in [0.05, 0.1) is 34.4 Å². The number of nitrogens with one attached hydrogen (secondary N) is 2. The SMILES string of the molecule is C=C(C)C(=O)OCCC(=O)CCC(=O)Nc1ccccc1Oc1ccc(S(=O)(=O)c2ccc(Oc3ccccc3NC(=O)CCC(=O)CCOC(=O)C(=C)C)cc2)cc1. The maximum Gasteiger partial charge on any atom is 0.333 e. The molecule has 4 aromatic carbocycles. The van der Waals surface area contributed by atoms with Crippen molar-refractivity contribution in [3.8, 4) is 23.0 Å². The van der Waals surface area contributed by atoms with Gasteiger partial charge in [-0.25, -0.2) is 18.0 Å². The van der Waals surface area contributed by atoms with Crippen LogP contribution in [0, 0.1) is 0 Å². The van der Waals surface area contributed by atoms with Crippen molar-refractivity contribution >= 4 is 56.5 Å². The molecule has 59 heavy (non-hydrogen) atoms. The Morgan fingerprint density at radius 3 is 1.22 bits per heavy atom. The summed E-state index contributed by atoms with van der Waals surface area (Å²) in [6.45, 7) is 9.75. The molecule has 0 aliphatic rings. The fraction of sp³-hybridized carbons (Fsp3) is 0.227. The summed E-state index contributed by atoms with van der Waals surface area (Å²) in [6.07, 6.45) is -0.346. The van der Waals surface area contributed by atoms with Gasteiger partial charge in [-0.1, -0.05) is 37.4 Å². The summed E-state index contributed by atoms with van der Waals surface area (Å²) in [6, 6.07) is 24.7. The van der Waals surface area contributed by atoms with Crippen molar-refractivity contribution in [2.45, 2.75) is 62.2 Å². The van der Waals surface area contributed by atoms with Crippen LogP contribution in [0.5, 0.6) is 23.0 Å². The fourth-order valence-electron chi connectivity index (χ4n) is 5.02. The Bertz CT molecular complexity index is 2160. The molecule has 0 atom stereocenters. The number of Topliss-reactive ketones (excluding diaryl/α,β-unsaturated/α-hetero) is 2. The maximum absolute atomic E-state index is 13.5. The van der Waals surface area contributed by atoms with Crippen LogP contribution >= 0.6 is 0 Å². The van der Waals surface area contributed by atoms with E-state index in [4.69, 9.17) is 18.9 Å². The first-order valence-electron chi connectivity index (χ1n) is 18.4. The Balaban J connectivity index is 1.30. The van der Waals surface area contributed by atoms with Crippen LogP contribution in [0.15, 0.2) is 131 Å². The normalized spacial score (nSPS) is 10.7. The van der Waals surface area contributed by atoms with Gasteiger partial charge in [0, 0.05) is 49.7 Å². The van der Waals surface area contributed by atoms with Crippen molar-refractivity contribution in [2.24, 2.45) is 0 Å². The van der Waals surface area contributed by atoms with Gasteiger partial charge in [-0.05, 0) is 86.6 Å². The highest BCUT2D eigenvalue weighted by molar-refractivity contribution is 7.91. The zero-order valence-corrected chi connectivity index (χ0v) is 33.4. The number of sulfone groups is 1. The average molecular weight is 825 g/mol. The topological polar surface area (TPSA) is 198 Å². The van der Waals surface area contributed by atoms with E-state index >= 15 is 0 Å². The van der Waals surface area contributed by atoms with Gasteiger partial charge in [0.1, 0.15) is 23.1 Å². The summed E-state index contributed by atoms with van der Waals surface area (Å²) in [7, 11) is -3.96. The maximum atomic E-state index is 13.5. The fourth-order valence-corrected chi connectivity index (χ4v) is 6.29. The van der Waals surface area contributed by atoms with Gasteiger partial charge >= 0.3 is 11.9 Å². The number of benzene rings is 4. The molecule has 308 valence electrons. The average Bonchev–Trinajstić information content (AvgIpc) is 3.21. The summed E-state index contributed by atoms with van der Waals surface area (Å²) < 4.78 is 48.7. The lowest BCUT2D eigenvalue weighted by molar-refractivity contribution is -0.141. The predicted octanol–water partition coefficient (Wildman–Crippen LogP) is 7.70. The molecule has 0 unspecified atom stereocenters. The van der Waals surface area contributed by atoms with E-state index in [1.54, 1.807) is 48.5 Å². The number of esters is 2. The molecule has 14 nitrogen and oxygen atoms in total. The van der Waals surface area contributed by atoms with E-state index in [2.05, 4.69) is 23.8 Å². The number of hydrogen-bond donors (Lipinski definition) is 2. The molecule has 0 spiro atoms. The first-order valence-corrected chi connectivity index (χ1v) is 19.9. The number of carbonyl (C=O) groups excluding carboxylic acids is 6. The number of anilines is 2. The Morgan fingerprint density at radius 2 is 0.864 bits per heavy atom. The van der Waals surface area contributed by atoms with E-state index < -0.39 is 33.6 Å². The molecule has 0 bridgehead atoms. The first-order chi connectivity index (χ1) is 28.1. The number of ether oxygens (including phenoxy) is 4. The number of rotatable bonds is 22. The third-order valence-corrected chi connectivity index (χ3v) is 10.0. The predicted molar refractivity (Wildman–Crippen MR) is 218 cm³/mol. The highest BCUT2D eigenvalue weighted by atomic mass is 32.2. The molecule has 0 saturated carbocycles. The van der Waals surface area contributed by atoms with Gasteiger partial charge in [-0.3, -0.25) is 19.2 Å². The summed E-state index contributed by atoms with van der Waals surface area (Å²) in [4.78, 5) is 72.4. The highest BCUT2D eigenvalue weighted by Crippen LogP contribution is 2.33. The lowest BCUT2D eigenvalue weighted by atomic mass is 10.1. The zero-order valence-electron chi connectivity index (χ0n) is 32.6. The van der Waals surface area contributed by atoms with E-state index in [0.717, 1.165) is 0 Å². The van der Waals surface area contributed by atoms with Gasteiger partial charge in [0.25, 0.3) is 0 Å². The van der Waals surface area contributed by atoms with E-state index in [9.17, 15) is 37.2 Å². The lowest BCUT2D eigenvalue weighted by Gasteiger charge is -2.13. The minimum atomic E-state index is -3.96. The van der Waals surface area contributed by atoms with Crippen molar-refractivity contribution in [2.75, 3.05) is 23.8 Å². The second kappa shape index (κ2) is 21.6. The van der Waals surface area contributed by atoms with E-state index in [-0.39, 0.29) is 95.7 Å². The molecule has 4 aromatic rings. The minimum absolute atomic E-state index is 0.00131. The number of para-hydroxylation sites is 4. The van der Waals surface area contributed by atoms with Crippen LogP contribution in [-0.4, -0.2) is 57.0 Å². The van der Waals surface area contributed by atoms with E-state index in [1.165, 1.54) is 62.4 Å². The van der Waals surface area contributed by atoms with Gasteiger partial charge < -0.3 is 29.6 Å². The molecule has 0 saturated heterocycles. The van der Waals surface area contributed by atoms with Crippen molar-refractivity contribution < 1.29 is 56.1 Å². The Labute approximate surface area is 342 Å². The Morgan fingerprint density at radius 1 is 0.508 bits per heavy atom. The molecule has 2 amide bonds. The summed E-state index contributed by atoms with van der Waals surface area (Å²) in [5, 5.41) is 5.44. The summed E-state index contributed by atoms with van der Waals surface area (Å²) >= 11 is 0. The van der Waals surface area contributed by atoms with Crippen molar-refractivity contribution in [3.05, 3.63) is 121 Å². The van der Waals surface area contributed by atoms with Crippen molar-refractivity contribution in [1.82, 2.24) is 0 Å². The standard InChI is InChI=1S/C44H44N2O12S/c1-29(2)43(51)55-27-25-31(47)13-23-41(49)45-37-9-5-7-11-39(37)57-33-15-19-35(20-16-33)59(53,54)36-21-17-34(18-22-36)58-40-12-8-6-10-38(40)46-42(50)24-14-32(48)26-28-56-44(52)30(3)4/h5-12,15-22H,1,3,13-14,23-28H2,2,4H3,(H,45,49)(H,46,50). The number of carbonyl (C=O) groups is 6. The second-order valence-electron chi connectivity index (χ2n) is 13.1. The molecule has 0 aliphatic carbocycles. The first kappa shape index (κ1) is 44.8. The van der Waals surface area contributed by atoms with Gasteiger partial charge in [-0.15, -0.1) is 0 Å². The highest BCUT2D eigenvalue weighted by Gasteiger charge is 2.19. The molecule has 0 aliphatic heterocycles. The van der Waals surface area contributed by atoms with Crippen LogP contribution in [0.4, 0.5) is 11.4 Å². The number of amides is 2. The van der Waals surface area contributed by atoms with Crippen molar-refractivity contribution in [3.63, 3.8) is 0 Å². The van der Waals surface area contributed by atoms with Crippen LogP contribution in [0.3, 0.4) is 0 Å². The van der Waals surface area contributed by atoms with Gasteiger partial charge in [0.2, 0.25) is 21.7 Å². The molecule has 15 heteroatoms. The smallest absolute Gasteiger partial charge is 0.333 e. The van der Waals surface area contributed by atoms with Crippen molar-refractivity contribution in [1.29, 1.82) is 0 Å². The second-order valence-corrected chi connectivity index (χ2v) is 15.1. The quantitative estimate of drug-likeness (QED) is 0.0580. The molecule has 0 heterocycles. The van der Waals surface area contributed by atoms with Gasteiger partial charge in [0.15, 0.2) is 11.5 Å². The zero-order chi connectivity index (χ0) is 43.0. The minimum Gasteiger partial charge on any atom is -0.462 e. The third-order valence-electron chi connectivity index (χ3n) is 8.23. The largest absolute Gasteiger partial charge is 0.462 e. The van der Waals surface area contributed by atoms with Crippen LogP contribution in [0.2, 0.25) is 0 Å².